The molecule has 1 fully saturated rings. The number of benzene rings is 1. The number of amides is 2. The zero-order valence-corrected chi connectivity index (χ0v) is 20.1. The Balaban J connectivity index is 1.39. The summed E-state index contributed by atoms with van der Waals surface area (Å²) in [4.78, 5) is 29.8. The first-order chi connectivity index (χ1) is 16.9. The van der Waals surface area contributed by atoms with Gasteiger partial charge in [-0.3, -0.25) is 14.2 Å². The summed E-state index contributed by atoms with van der Waals surface area (Å²) < 4.78 is 18.6. The van der Waals surface area contributed by atoms with Gasteiger partial charge in [-0.15, -0.1) is 0 Å². The lowest BCUT2D eigenvalue weighted by Crippen LogP contribution is -2.53. The lowest BCUT2D eigenvalue weighted by atomic mass is 10.1. The minimum absolute atomic E-state index is 0.129. The van der Waals surface area contributed by atoms with Crippen molar-refractivity contribution in [3.05, 3.63) is 65.2 Å². The Morgan fingerprint density at radius 1 is 1.09 bits per heavy atom. The fraction of sp³-hybridized carbons (Fsp3) is 0.346. The van der Waals surface area contributed by atoms with Crippen LogP contribution in [0.15, 0.2) is 47.0 Å². The molecule has 0 aliphatic carbocycles. The molecule has 0 N–H and O–H groups in total. The summed E-state index contributed by atoms with van der Waals surface area (Å²) in [5, 5.41) is 4.11. The van der Waals surface area contributed by atoms with Crippen LogP contribution in [0.3, 0.4) is 0 Å². The molecule has 2 aliphatic rings. The molecule has 3 aromatic rings. The number of carbonyl (C=O) groups is 2. The van der Waals surface area contributed by atoms with Crippen LogP contribution in [0.2, 0.25) is 0 Å². The van der Waals surface area contributed by atoms with Crippen LogP contribution >= 0.6 is 0 Å². The van der Waals surface area contributed by atoms with Crippen molar-refractivity contribution in [2.24, 2.45) is 0 Å². The molecule has 182 valence electrons. The summed E-state index contributed by atoms with van der Waals surface area (Å²) >= 11 is 0. The van der Waals surface area contributed by atoms with Gasteiger partial charge in [0.15, 0.2) is 11.9 Å². The standard InChI is InChI=1S/C26H28N4O5/c1-17-14-20(19(3)30(17)24-15-18(2)35-27-24)8-9-25(31)29-16-23(26(32)28-10-12-33-13-11-28)34-22-7-5-4-6-21(22)29/h4-9,14-15,23H,10-13,16H2,1-3H3/b9-8+. The average Bonchev–Trinajstić information content (AvgIpc) is 3.42. The van der Waals surface area contributed by atoms with Gasteiger partial charge < -0.3 is 23.8 Å². The van der Waals surface area contributed by atoms with Crippen molar-refractivity contribution in [3.63, 3.8) is 0 Å². The van der Waals surface area contributed by atoms with Crippen LogP contribution in [0.4, 0.5) is 5.69 Å². The van der Waals surface area contributed by atoms with Gasteiger partial charge in [0, 0.05) is 36.6 Å². The minimum Gasteiger partial charge on any atom is -0.476 e. The molecule has 1 saturated heterocycles. The molecule has 0 radical (unpaired) electrons. The molecule has 4 heterocycles. The Kier molecular flexibility index (Phi) is 6.17. The second-order valence-corrected chi connectivity index (χ2v) is 8.75. The molecule has 1 aromatic carbocycles. The lowest BCUT2D eigenvalue weighted by Gasteiger charge is -2.37. The SMILES string of the molecule is Cc1cc(-n2c(C)cc(/C=C/C(=O)N3CC(C(=O)N4CCOCC4)Oc4ccccc43)c2C)no1. The van der Waals surface area contributed by atoms with Crippen LogP contribution in [0, 0.1) is 20.8 Å². The van der Waals surface area contributed by atoms with Crippen molar-refractivity contribution in [2.75, 3.05) is 37.7 Å². The van der Waals surface area contributed by atoms with Gasteiger partial charge in [0.2, 0.25) is 0 Å². The summed E-state index contributed by atoms with van der Waals surface area (Å²) in [6.45, 7) is 8.01. The molecule has 0 bridgehead atoms. The van der Waals surface area contributed by atoms with Crippen molar-refractivity contribution in [1.82, 2.24) is 14.6 Å². The van der Waals surface area contributed by atoms with Crippen molar-refractivity contribution in [3.8, 4) is 11.6 Å². The third kappa shape index (κ3) is 4.46. The number of para-hydroxylation sites is 2. The number of ether oxygens (including phenoxy) is 2. The number of hydrogen-bond donors (Lipinski definition) is 0. The van der Waals surface area contributed by atoms with Crippen LogP contribution in [-0.4, -0.2) is 65.4 Å². The van der Waals surface area contributed by atoms with Crippen LogP contribution in [0.5, 0.6) is 5.75 Å². The highest BCUT2D eigenvalue weighted by Crippen LogP contribution is 2.34. The molecule has 0 spiro atoms. The Morgan fingerprint density at radius 2 is 1.86 bits per heavy atom. The summed E-state index contributed by atoms with van der Waals surface area (Å²) in [7, 11) is 0. The highest BCUT2D eigenvalue weighted by atomic mass is 16.5. The second-order valence-electron chi connectivity index (χ2n) is 8.75. The highest BCUT2D eigenvalue weighted by molar-refractivity contribution is 6.06. The molecule has 9 nitrogen and oxygen atoms in total. The Morgan fingerprint density at radius 3 is 2.60 bits per heavy atom. The fourth-order valence-electron chi connectivity index (χ4n) is 4.58. The van der Waals surface area contributed by atoms with E-state index in [0.29, 0.717) is 43.6 Å². The molecular formula is C26H28N4O5. The van der Waals surface area contributed by atoms with Crippen molar-refractivity contribution in [1.29, 1.82) is 0 Å². The van der Waals surface area contributed by atoms with Gasteiger partial charge in [0.25, 0.3) is 11.8 Å². The zero-order valence-electron chi connectivity index (χ0n) is 20.1. The summed E-state index contributed by atoms with van der Waals surface area (Å²) in [5.41, 5.74) is 3.48. The van der Waals surface area contributed by atoms with E-state index in [2.05, 4.69) is 5.16 Å². The molecule has 1 atom stereocenters. The minimum atomic E-state index is -0.763. The number of aryl methyl sites for hydroxylation is 2. The van der Waals surface area contributed by atoms with Crippen LogP contribution in [0.1, 0.15) is 22.7 Å². The number of rotatable bonds is 4. The van der Waals surface area contributed by atoms with E-state index in [4.69, 9.17) is 14.0 Å². The summed E-state index contributed by atoms with van der Waals surface area (Å²) in [6.07, 6.45) is 2.57. The van der Waals surface area contributed by atoms with Crippen molar-refractivity contribution in [2.45, 2.75) is 26.9 Å². The maximum Gasteiger partial charge on any atom is 0.265 e. The van der Waals surface area contributed by atoms with Crippen LogP contribution in [0.25, 0.3) is 11.9 Å². The Labute approximate surface area is 203 Å². The first-order valence-corrected chi connectivity index (χ1v) is 11.7. The molecular weight excluding hydrogens is 448 g/mol. The number of morpholine rings is 1. The largest absolute Gasteiger partial charge is 0.476 e. The molecule has 5 rings (SSSR count). The van der Waals surface area contributed by atoms with Crippen molar-refractivity contribution < 1.29 is 23.6 Å². The van der Waals surface area contributed by atoms with Crippen molar-refractivity contribution >= 4 is 23.6 Å². The number of carbonyl (C=O) groups excluding carboxylic acids is 2. The van der Waals surface area contributed by atoms with E-state index in [9.17, 15) is 9.59 Å². The highest BCUT2D eigenvalue weighted by Gasteiger charge is 2.35. The Bertz CT molecular complexity index is 1280. The first-order valence-electron chi connectivity index (χ1n) is 11.7. The number of aromatic nitrogens is 2. The van der Waals surface area contributed by atoms with E-state index >= 15 is 0 Å². The summed E-state index contributed by atoms with van der Waals surface area (Å²) in [6, 6.07) is 11.2. The van der Waals surface area contributed by atoms with Gasteiger partial charge in [0.05, 0.1) is 25.4 Å². The predicted octanol–water partition coefficient (Wildman–Crippen LogP) is 3.06. The fourth-order valence-corrected chi connectivity index (χ4v) is 4.58. The summed E-state index contributed by atoms with van der Waals surface area (Å²) in [5.74, 6) is 1.60. The smallest absolute Gasteiger partial charge is 0.265 e. The van der Waals surface area contributed by atoms with Gasteiger partial charge in [0.1, 0.15) is 11.5 Å². The van der Waals surface area contributed by atoms with E-state index in [1.807, 2.05) is 55.7 Å². The van der Waals surface area contributed by atoms with Gasteiger partial charge in [-0.25, -0.2) is 0 Å². The van der Waals surface area contributed by atoms with E-state index in [1.165, 1.54) is 0 Å². The number of hydrogen-bond acceptors (Lipinski definition) is 6. The number of fused-ring (bicyclic) bond motifs is 1. The average molecular weight is 477 g/mol. The first kappa shape index (κ1) is 22.9. The lowest BCUT2D eigenvalue weighted by molar-refractivity contribution is -0.142. The normalized spacial score (nSPS) is 18.0. The Hall–Kier alpha value is -3.85. The molecule has 0 saturated carbocycles. The third-order valence-corrected chi connectivity index (χ3v) is 6.36. The molecule has 2 aromatic heterocycles. The van der Waals surface area contributed by atoms with Gasteiger partial charge >= 0.3 is 0 Å². The van der Waals surface area contributed by atoms with E-state index in [0.717, 1.165) is 22.7 Å². The van der Waals surface area contributed by atoms with E-state index in [1.54, 1.807) is 28.0 Å². The maximum absolute atomic E-state index is 13.4. The predicted molar refractivity (Wildman–Crippen MR) is 130 cm³/mol. The molecule has 2 amide bonds. The second kappa shape index (κ2) is 9.42. The topological polar surface area (TPSA) is 90.0 Å². The van der Waals surface area contributed by atoms with E-state index in [-0.39, 0.29) is 18.4 Å². The molecule has 35 heavy (non-hydrogen) atoms. The van der Waals surface area contributed by atoms with E-state index < -0.39 is 6.10 Å². The van der Waals surface area contributed by atoms with Gasteiger partial charge in [-0.2, -0.15) is 0 Å². The quantitative estimate of drug-likeness (QED) is 0.538. The number of anilines is 1. The molecule has 9 heteroatoms. The van der Waals surface area contributed by atoms with Gasteiger partial charge in [-0.05, 0) is 50.6 Å². The molecule has 2 aliphatic heterocycles. The van der Waals surface area contributed by atoms with Crippen LogP contribution < -0.4 is 9.64 Å². The molecule has 1 unspecified atom stereocenters. The van der Waals surface area contributed by atoms with Crippen LogP contribution in [-0.2, 0) is 14.3 Å². The monoisotopic (exact) mass is 476 g/mol. The number of nitrogens with zero attached hydrogens (tertiary/aromatic N) is 4. The zero-order chi connectivity index (χ0) is 24.5. The van der Waals surface area contributed by atoms with Gasteiger partial charge in [-0.1, -0.05) is 17.3 Å². The third-order valence-electron chi connectivity index (χ3n) is 6.36. The maximum atomic E-state index is 13.4.